The van der Waals surface area contributed by atoms with Gasteiger partial charge in [-0.1, -0.05) is 25.4 Å². The van der Waals surface area contributed by atoms with Gasteiger partial charge in [0.15, 0.2) is 0 Å². The topological polar surface area (TPSA) is 36.4 Å². The van der Waals surface area contributed by atoms with Gasteiger partial charge in [-0.05, 0) is 24.8 Å². The average molecular weight is 255 g/mol. The number of hydrogen-bond acceptors (Lipinski definition) is 3. The molecule has 2 rings (SSSR count). The van der Waals surface area contributed by atoms with Crippen LogP contribution in [0.3, 0.4) is 0 Å². The maximum Gasteiger partial charge on any atom is 0.129 e. The molecule has 1 aliphatic carbocycles. The van der Waals surface area contributed by atoms with E-state index in [4.69, 9.17) is 11.6 Å². The summed E-state index contributed by atoms with van der Waals surface area (Å²) >= 11 is 5.96. The van der Waals surface area contributed by atoms with E-state index in [1.807, 2.05) is 6.07 Å². The molecule has 0 radical (unpaired) electrons. The van der Waals surface area contributed by atoms with E-state index in [0.29, 0.717) is 17.0 Å². The van der Waals surface area contributed by atoms with Gasteiger partial charge in [-0.15, -0.1) is 0 Å². The number of anilines is 1. The zero-order valence-electron chi connectivity index (χ0n) is 10.4. The van der Waals surface area contributed by atoms with Crippen LogP contribution in [0, 0.1) is 5.92 Å². The summed E-state index contributed by atoms with van der Waals surface area (Å²) in [5.41, 5.74) is 0.756. The molecule has 1 saturated carbocycles. The molecule has 0 amide bonds. The van der Waals surface area contributed by atoms with E-state index in [-0.39, 0.29) is 6.61 Å². The third kappa shape index (κ3) is 3.11. The van der Waals surface area contributed by atoms with Gasteiger partial charge in [-0.3, -0.25) is 0 Å². The van der Waals surface area contributed by atoms with E-state index >= 15 is 0 Å². The molecule has 1 N–H and O–H groups in total. The Balaban J connectivity index is 2.22. The minimum atomic E-state index is -0.0332. The zero-order valence-corrected chi connectivity index (χ0v) is 11.1. The Kier molecular flexibility index (Phi) is 3.89. The molecule has 0 aromatic carbocycles. The molecule has 0 bridgehead atoms. The summed E-state index contributed by atoms with van der Waals surface area (Å²) in [5.74, 6) is 1.54. The molecule has 0 unspecified atom stereocenters. The number of aliphatic hydroxyl groups excluding tert-OH is 1. The molecule has 17 heavy (non-hydrogen) atoms. The van der Waals surface area contributed by atoms with Gasteiger partial charge >= 0.3 is 0 Å². The highest BCUT2D eigenvalue weighted by atomic mass is 35.5. The lowest BCUT2D eigenvalue weighted by Crippen LogP contribution is -2.30. The SMILES string of the molecule is CC(C)CN(c1cc(CO)c(Cl)cn1)C1CC1. The predicted molar refractivity (Wildman–Crippen MR) is 70.4 cm³/mol. The summed E-state index contributed by atoms with van der Waals surface area (Å²) in [6, 6.07) is 2.53. The van der Waals surface area contributed by atoms with Gasteiger partial charge in [0, 0.05) is 24.3 Å². The zero-order chi connectivity index (χ0) is 12.4. The molecule has 94 valence electrons. The van der Waals surface area contributed by atoms with Crippen LogP contribution < -0.4 is 4.90 Å². The van der Waals surface area contributed by atoms with Crippen molar-refractivity contribution in [2.45, 2.75) is 39.3 Å². The van der Waals surface area contributed by atoms with Crippen LogP contribution in [0.5, 0.6) is 0 Å². The Morgan fingerprint density at radius 2 is 2.24 bits per heavy atom. The molecule has 1 heterocycles. The van der Waals surface area contributed by atoms with Gasteiger partial charge in [0.05, 0.1) is 11.6 Å². The lowest BCUT2D eigenvalue weighted by Gasteiger charge is -2.26. The van der Waals surface area contributed by atoms with Crippen molar-refractivity contribution in [2.24, 2.45) is 5.92 Å². The second-order valence-electron chi connectivity index (χ2n) is 5.07. The van der Waals surface area contributed by atoms with Crippen LogP contribution in [-0.4, -0.2) is 22.7 Å². The number of aliphatic hydroxyl groups is 1. The van der Waals surface area contributed by atoms with Gasteiger partial charge in [0.1, 0.15) is 5.82 Å². The quantitative estimate of drug-likeness (QED) is 0.878. The number of rotatable bonds is 5. The third-order valence-corrected chi connectivity index (χ3v) is 3.27. The van der Waals surface area contributed by atoms with Crippen LogP contribution in [0.1, 0.15) is 32.3 Å². The van der Waals surface area contributed by atoms with Crippen molar-refractivity contribution in [1.82, 2.24) is 4.98 Å². The summed E-state index contributed by atoms with van der Waals surface area (Å²) in [5, 5.41) is 9.77. The van der Waals surface area contributed by atoms with E-state index in [9.17, 15) is 5.11 Å². The standard InChI is InChI=1S/C13H19ClN2O/c1-9(2)7-16(11-3-4-11)13-5-10(8-17)12(14)6-15-13/h5-6,9,11,17H,3-4,7-8H2,1-2H3. The minimum absolute atomic E-state index is 0.0332. The smallest absolute Gasteiger partial charge is 0.129 e. The van der Waals surface area contributed by atoms with Gasteiger partial charge in [-0.25, -0.2) is 4.98 Å². The number of pyridine rings is 1. The first-order valence-corrected chi connectivity index (χ1v) is 6.51. The minimum Gasteiger partial charge on any atom is -0.392 e. The lowest BCUT2D eigenvalue weighted by molar-refractivity contribution is 0.282. The molecule has 0 aliphatic heterocycles. The Hall–Kier alpha value is -0.800. The first-order valence-electron chi connectivity index (χ1n) is 6.13. The Morgan fingerprint density at radius 3 is 2.76 bits per heavy atom. The van der Waals surface area contributed by atoms with Crippen molar-refractivity contribution >= 4 is 17.4 Å². The van der Waals surface area contributed by atoms with Crippen molar-refractivity contribution in [3.8, 4) is 0 Å². The molecule has 0 saturated heterocycles. The lowest BCUT2D eigenvalue weighted by atomic mass is 10.2. The molecule has 1 aromatic rings. The maximum absolute atomic E-state index is 9.23. The van der Waals surface area contributed by atoms with Crippen molar-refractivity contribution < 1.29 is 5.11 Å². The summed E-state index contributed by atoms with van der Waals surface area (Å²) in [6.07, 6.45) is 4.12. The maximum atomic E-state index is 9.23. The van der Waals surface area contributed by atoms with Gasteiger partial charge in [0.2, 0.25) is 0 Å². The van der Waals surface area contributed by atoms with E-state index in [1.165, 1.54) is 12.8 Å². The van der Waals surface area contributed by atoms with Gasteiger partial charge < -0.3 is 10.0 Å². The van der Waals surface area contributed by atoms with E-state index < -0.39 is 0 Å². The molecule has 4 heteroatoms. The van der Waals surface area contributed by atoms with Gasteiger partial charge in [0.25, 0.3) is 0 Å². The predicted octanol–water partition coefficient (Wildman–Crippen LogP) is 2.85. The van der Waals surface area contributed by atoms with Crippen molar-refractivity contribution in [1.29, 1.82) is 0 Å². The normalized spacial score (nSPS) is 15.4. The summed E-state index contributed by atoms with van der Waals surface area (Å²) < 4.78 is 0. The van der Waals surface area contributed by atoms with Gasteiger partial charge in [-0.2, -0.15) is 0 Å². The van der Waals surface area contributed by atoms with Crippen LogP contribution in [-0.2, 0) is 6.61 Å². The molecular weight excluding hydrogens is 236 g/mol. The molecular formula is C13H19ClN2O. The molecule has 3 nitrogen and oxygen atoms in total. The van der Waals surface area contributed by atoms with Crippen molar-refractivity contribution in [2.75, 3.05) is 11.4 Å². The number of hydrogen-bond donors (Lipinski definition) is 1. The summed E-state index contributed by atoms with van der Waals surface area (Å²) in [6.45, 7) is 5.38. The van der Waals surface area contributed by atoms with Crippen LogP contribution in [0.4, 0.5) is 5.82 Å². The fraction of sp³-hybridized carbons (Fsp3) is 0.615. The van der Waals surface area contributed by atoms with Crippen LogP contribution >= 0.6 is 11.6 Å². The third-order valence-electron chi connectivity index (χ3n) is 2.93. The summed E-state index contributed by atoms with van der Waals surface area (Å²) in [7, 11) is 0. The van der Waals surface area contributed by atoms with Crippen LogP contribution in [0.15, 0.2) is 12.3 Å². The Bertz CT molecular complexity index is 391. The highest BCUT2D eigenvalue weighted by Crippen LogP contribution is 2.32. The first-order chi connectivity index (χ1) is 8.11. The largest absolute Gasteiger partial charge is 0.392 e. The highest BCUT2D eigenvalue weighted by Gasteiger charge is 2.30. The van der Waals surface area contributed by atoms with Crippen molar-refractivity contribution in [3.63, 3.8) is 0 Å². The summed E-state index contributed by atoms with van der Waals surface area (Å²) in [4.78, 5) is 6.72. The van der Waals surface area contributed by atoms with E-state index in [1.54, 1.807) is 6.20 Å². The fourth-order valence-corrected chi connectivity index (χ4v) is 2.12. The number of nitrogens with zero attached hydrogens (tertiary/aromatic N) is 2. The molecule has 1 aromatic heterocycles. The van der Waals surface area contributed by atoms with Crippen LogP contribution in [0.2, 0.25) is 5.02 Å². The van der Waals surface area contributed by atoms with Crippen molar-refractivity contribution in [3.05, 3.63) is 22.8 Å². The van der Waals surface area contributed by atoms with Crippen LogP contribution in [0.25, 0.3) is 0 Å². The second kappa shape index (κ2) is 5.23. The second-order valence-corrected chi connectivity index (χ2v) is 5.48. The number of halogens is 1. The first kappa shape index (κ1) is 12.7. The highest BCUT2D eigenvalue weighted by molar-refractivity contribution is 6.31. The molecule has 1 aliphatic rings. The van der Waals surface area contributed by atoms with E-state index in [2.05, 4.69) is 23.7 Å². The average Bonchev–Trinajstić information content (AvgIpc) is 3.10. The Morgan fingerprint density at radius 1 is 1.53 bits per heavy atom. The molecule has 1 fully saturated rings. The molecule has 0 atom stereocenters. The number of aromatic nitrogens is 1. The van der Waals surface area contributed by atoms with E-state index in [0.717, 1.165) is 17.9 Å². The Labute approximate surface area is 107 Å². The molecule has 0 spiro atoms. The fourth-order valence-electron chi connectivity index (χ4n) is 1.96. The monoisotopic (exact) mass is 254 g/mol.